The third-order valence-corrected chi connectivity index (χ3v) is 5.83. The number of β-amino-alcohol motifs (C(OH)–C–C–N with tert-alkyl or cyclic N) is 1. The van der Waals surface area contributed by atoms with Crippen LogP contribution in [0.1, 0.15) is 63.5 Å². The van der Waals surface area contributed by atoms with E-state index >= 15 is 0 Å². The number of aliphatic hydroxyl groups is 2. The Morgan fingerprint density at radius 1 is 1.18 bits per heavy atom. The molecular formula is C25H41FN2O5. The predicted octanol–water partition coefficient (Wildman–Crippen LogP) is 3.00. The van der Waals surface area contributed by atoms with E-state index in [-0.39, 0.29) is 18.6 Å². The standard InChI is InChI=1S/C25H41FN2O5/c1-2-3-16-33-22-10-8-20(9-11-22)25(31)23(19-28-14-12-21(29)18-28)27-24(30)7-5-4-6-15-32-17-13-26/h8-11,21,23,25,29,31H,2-7,12-19H2,1H3,(H,27,30)/t21-,23-,25-/m1/s1. The van der Waals surface area contributed by atoms with Crippen molar-refractivity contribution in [2.75, 3.05) is 46.1 Å². The normalized spacial score (nSPS) is 18.2. The number of benzene rings is 1. The van der Waals surface area contributed by atoms with Crippen molar-refractivity contribution in [1.82, 2.24) is 10.2 Å². The van der Waals surface area contributed by atoms with Gasteiger partial charge >= 0.3 is 0 Å². The number of hydrogen-bond donors (Lipinski definition) is 3. The molecule has 7 nitrogen and oxygen atoms in total. The summed E-state index contributed by atoms with van der Waals surface area (Å²) in [5, 5.41) is 23.9. The number of nitrogens with zero attached hydrogens (tertiary/aromatic N) is 1. The SMILES string of the molecule is CCCCOc1ccc([C@@H](O)[C@@H](CN2CC[C@@H](O)C2)NC(=O)CCCCCOCCF)cc1. The van der Waals surface area contributed by atoms with E-state index < -0.39 is 18.8 Å². The van der Waals surface area contributed by atoms with Crippen molar-refractivity contribution in [3.05, 3.63) is 29.8 Å². The summed E-state index contributed by atoms with van der Waals surface area (Å²) >= 11 is 0. The van der Waals surface area contributed by atoms with E-state index in [1.54, 1.807) is 0 Å². The minimum atomic E-state index is -0.870. The van der Waals surface area contributed by atoms with Crippen molar-refractivity contribution in [1.29, 1.82) is 0 Å². The second-order valence-electron chi connectivity index (χ2n) is 8.70. The van der Waals surface area contributed by atoms with Gasteiger partial charge in [0.1, 0.15) is 18.5 Å². The largest absolute Gasteiger partial charge is 0.494 e. The minimum Gasteiger partial charge on any atom is -0.494 e. The monoisotopic (exact) mass is 468 g/mol. The number of unbranched alkanes of at least 4 members (excludes halogenated alkanes) is 3. The summed E-state index contributed by atoms with van der Waals surface area (Å²) in [4.78, 5) is 14.6. The number of likely N-dealkylation sites (tertiary alicyclic amines) is 1. The molecule has 0 bridgehead atoms. The molecule has 8 heteroatoms. The zero-order valence-electron chi connectivity index (χ0n) is 19.9. The molecule has 0 saturated carbocycles. The van der Waals surface area contributed by atoms with Gasteiger partial charge in [0.25, 0.3) is 0 Å². The Labute approximate surface area is 197 Å². The van der Waals surface area contributed by atoms with E-state index in [2.05, 4.69) is 17.1 Å². The van der Waals surface area contributed by atoms with Crippen molar-refractivity contribution >= 4 is 5.91 Å². The first-order valence-corrected chi connectivity index (χ1v) is 12.3. The number of hydrogen-bond acceptors (Lipinski definition) is 6. The van der Waals surface area contributed by atoms with Gasteiger partial charge in [-0.25, -0.2) is 4.39 Å². The number of alkyl halides is 1. The molecule has 1 aliphatic heterocycles. The molecular weight excluding hydrogens is 427 g/mol. The van der Waals surface area contributed by atoms with Crippen LogP contribution in [0.5, 0.6) is 5.75 Å². The summed E-state index contributed by atoms with van der Waals surface area (Å²) in [6.07, 6.45) is 4.20. The summed E-state index contributed by atoms with van der Waals surface area (Å²) in [7, 11) is 0. The van der Waals surface area contributed by atoms with Crippen LogP contribution in [0.2, 0.25) is 0 Å². The number of nitrogens with one attached hydrogen (secondary N) is 1. The number of carbonyl (C=O) groups excluding carboxylic acids is 1. The molecule has 1 aromatic carbocycles. The summed E-state index contributed by atoms with van der Waals surface area (Å²) in [6.45, 7) is 4.67. The average molecular weight is 469 g/mol. The van der Waals surface area contributed by atoms with Crippen molar-refractivity contribution < 1.29 is 28.9 Å². The van der Waals surface area contributed by atoms with Gasteiger partial charge in [-0.2, -0.15) is 0 Å². The van der Waals surface area contributed by atoms with E-state index in [4.69, 9.17) is 9.47 Å². The Kier molecular flexibility index (Phi) is 13.3. The molecule has 33 heavy (non-hydrogen) atoms. The van der Waals surface area contributed by atoms with Gasteiger partial charge in [-0.1, -0.05) is 31.9 Å². The van der Waals surface area contributed by atoms with Gasteiger partial charge in [-0.15, -0.1) is 0 Å². The number of aliphatic hydroxyl groups excluding tert-OH is 2. The summed E-state index contributed by atoms with van der Waals surface area (Å²) in [6, 6.07) is 6.88. The van der Waals surface area contributed by atoms with Crippen molar-refractivity contribution in [3.8, 4) is 5.75 Å². The van der Waals surface area contributed by atoms with Gasteiger partial charge < -0.3 is 25.0 Å². The number of carbonyl (C=O) groups is 1. The first kappa shape index (κ1) is 27.5. The lowest BCUT2D eigenvalue weighted by atomic mass is 10.0. The number of halogens is 1. The Morgan fingerprint density at radius 2 is 1.97 bits per heavy atom. The van der Waals surface area contributed by atoms with Crippen molar-refractivity contribution in [3.63, 3.8) is 0 Å². The smallest absolute Gasteiger partial charge is 0.220 e. The Morgan fingerprint density at radius 3 is 2.64 bits per heavy atom. The highest BCUT2D eigenvalue weighted by Gasteiger charge is 2.28. The zero-order valence-corrected chi connectivity index (χ0v) is 19.9. The molecule has 0 unspecified atom stereocenters. The molecule has 0 radical (unpaired) electrons. The Balaban J connectivity index is 1.89. The van der Waals surface area contributed by atoms with Crippen LogP contribution >= 0.6 is 0 Å². The molecule has 188 valence electrons. The molecule has 0 aliphatic carbocycles. The molecule has 1 amide bonds. The van der Waals surface area contributed by atoms with Crippen LogP contribution in [-0.2, 0) is 9.53 Å². The Bertz CT molecular complexity index is 661. The number of amides is 1. The molecule has 2 rings (SSSR count). The van der Waals surface area contributed by atoms with Gasteiger partial charge in [-0.3, -0.25) is 9.69 Å². The summed E-state index contributed by atoms with van der Waals surface area (Å²) in [5.41, 5.74) is 0.716. The lowest BCUT2D eigenvalue weighted by Crippen LogP contribution is -2.47. The lowest BCUT2D eigenvalue weighted by Gasteiger charge is -2.29. The highest BCUT2D eigenvalue weighted by atomic mass is 19.1. The molecule has 3 N–H and O–H groups in total. The zero-order chi connectivity index (χ0) is 23.9. The van der Waals surface area contributed by atoms with E-state index in [1.807, 2.05) is 24.3 Å². The maximum absolute atomic E-state index is 12.6. The maximum atomic E-state index is 12.6. The van der Waals surface area contributed by atoms with Crippen LogP contribution in [0.15, 0.2) is 24.3 Å². The fourth-order valence-corrected chi connectivity index (χ4v) is 3.91. The van der Waals surface area contributed by atoms with Crippen LogP contribution in [0.4, 0.5) is 4.39 Å². The second kappa shape index (κ2) is 16.0. The van der Waals surface area contributed by atoms with E-state index in [0.29, 0.717) is 51.1 Å². The first-order valence-electron chi connectivity index (χ1n) is 12.3. The predicted molar refractivity (Wildman–Crippen MR) is 126 cm³/mol. The van der Waals surface area contributed by atoms with E-state index in [0.717, 1.165) is 38.0 Å². The first-order chi connectivity index (χ1) is 16.0. The molecule has 0 spiro atoms. The van der Waals surface area contributed by atoms with Crippen LogP contribution in [0.25, 0.3) is 0 Å². The summed E-state index contributed by atoms with van der Waals surface area (Å²) < 4.78 is 22.8. The van der Waals surface area contributed by atoms with Crippen LogP contribution in [0.3, 0.4) is 0 Å². The fraction of sp³-hybridized carbons (Fsp3) is 0.720. The molecule has 1 heterocycles. The second-order valence-corrected chi connectivity index (χ2v) is 8.70. The molecule has 1 aliphatic rings. The molecule has 1 aromatic rings. The van der Waals surface area contributed by atoms with Crippen molar-refractivity contribution in [2.45, 2.75) is 70.1 Å². The fourth-order valence-electron chi connectivity index (χ4n) is 3.91. The van der Waals surface area contributed by atoms with Crippen LogP contribution in [0, 0.1) is 0 Å². The highest BCUT2D eigenvalue weighted by Crippen LogP contribution is 2.23. The van der Waals surface area contributed by atoms with Crippen LogP contribution in [-0.4, -0.2) is 79.3 Å². The van der Waals surface area contributed by atoms with Crippen LogP contribution < -0.4 is 10.1 Å². The molecule has 1 fully saturated rings. The topological polar surface area (TPSA) is 91.3 Å². The quantitative estimate of drug-likeness (QED) is 0.305. The third-order valence-electron chi connectivity index (χ3n) is 5.83. The Hall–Kier alpha value is -1.74. The maximum Gasteiger partial charge on any atom is 0.220 e. The summed E-state index contributed by atoms with van der Waals surface area (Å²) in [5.74, 6) is 0.654. The third kappa shape index (κ3) is 10.8. The van der Waals surface area contributed by atoms with Gasteiger partial charge in [0, 0.05) is 32.7 Å². The molecule has 1 saturated heterocycles. The van der Waals surface area contributed by atoms with E-state index in [9.17, 15) is 19.4 Å². The van der Waals surface area contributed by atoms with Gasteiger partial charge in [0.15, 0.2) is 0 Å². The molecule has 0 aromatic heterocycles. The van der Waals surface area contributed by atoms with Gasteiger partial charge in [-0.05, 0) is 43.4 Å². The number of ether oxygens (including phenoxy) is 2. The van der Waals surface area contributed by atoms with Gasteiger partial charge in [0.2, 0.25) is 5.91 Å². The minimum absolute atomic E-state index is 0.108. The average Bonchev–Trinajstić information content (AvgIpc) is 3.22. The van der Waals surface area contributed by atoms with Crippen molar-refractivity contribution in [2.24, 2.45) is 0 Å². The van der Waals surface area contributed by atoms with E-state index in [1.165, 1.54) is 0 Å². The highest BCUT2D eigenvalue weighted by molar-refractivity contribution is 5.76. The number of rotatable bonds is 17. The molecule has 3 atom stereocenters. The lowest BCUT2D eigenvalue weighted by molar-refractivity contribution is -0.123. The van der Waals surface area contributed by atoms with Gasteiger partial charge in [0.05, 0.1) is 25.4 Å².